The molecule has 0 unspecified atom stereocenters. The third-order valence-electron chi connectivity index (χ3n) is 3.93. The zero-order valence-electron chi connectivity index (χ0n) is 17.1. The molecule has 0 bridgehead atoms. The predicted octanol–water partition coefficient (Wildman–Crippen LogP) is 1.71. The number of carbonyl (C=O) groups is 2. The van der Waals surface area contributed by atoms with E-state index in [2.05, 4.69) is 16.0 Å². The number of hydrogen-bond acceptors (Lipinski definition) is 6. The fraction of sp³-hybridized carbons (Fsp3) is 0.500. The van der Waals surface area contributed by atoms with Crippen LogP contribution in [-0.2, 0) is 19.0 Å². The summed E-state index contributed by atoms with van der Waals surface area (Å²) in [4.78, 5) is 28.1. The highest BCUT2D eigenvalue weighted by atomic mass is 32.2. The molecule has 1 aliphatic heterocycles. The van der Waals surface area contributed by atoms with Crippen LogP contribution in [0.4, 0.5) is 4.79 Å². The molecule has 1 aromatic carbocycles. The van der Waals surface area contributed by atoms with Gasteiger partial charge in [0.2, 0.25) is 0 Å². The molecule has 1 aliphatic rings. The van der Waals surface area contributed by atoms with Crippen LogP contribution in [0.25, 0.3) is 0 Å². The average molecular weight is 423 g/mol. The fourth-order valence-corrected chi connectivity index (χ4v) is 2.84. The van der Waals surface area contributed by atoms with Gasteiger partial charge >= 0.3 is 6.09 Å². The Morgan fingerprint density at radius 2 is 1.59 bits per heavy atom. The Bertz CT molecular complexity index is 899. The summed E-state index contributed by atoms with van der Waals surface area (Å²) in [6.07, 6.45) is 0.593. The first-order valence-corrected chi connectivity index (χ1v) is 11.0. The highest BCUT2D eigenvalue weighted by Crippen LogP contribution is 2.14. The second-order valence-corrected chi connectivity index (χ2v) is 9.25. The van der Waals surface area contributed by atoms with Gasteiger partial charge in [-0.05, 0) is 45.0 Å². The van der Waals surface area contributed by atoms with Crippen LogP contribution in [0.5, 0.6) is 0 Å². The minimum atomic E-state index is -3.51. The van der Waals surface area contributed by atoms with Gasteiger partial charge in [0.25, 0.3) is 16.0 Å². The van der Waals surface area contributed by atoms with Crippen molar-refractivity contribution < 1.29 is 26.9 Å². The molecule has 0 N–H and O–H groups in total. The Hall–Kier alpha value is -2.57. The molecule has 0 radical (unpaired) electrons. The lowest BCUT2D eigenvalue weighted by molar-refractivity contribution is 0.0141. The van der Waals surface area contributed by atoms with Gasteiger partial charge in [-0.1, -0.05) is 11.8 Å². The summed E-state index contributed by atoms with van der Waals surface area (Å²) in [5.41, 5.74) is 0.619. The molecule has 0 saturated carbocycles. The summed E-state index contributed by atoms with van der Waals surface area (Å²) in [6, 6.07) is 6.73. The fourth-order valence-electron chi connectivity index (χ4n) is 2.57. The van der Waals surface area contributed by atoms with Crippen LogP contribution in [0.1, 0.15) is 36.7 Å². The number of nitrogens with zero attached hydrogens (tertiary/aromatic N) is 2. The normalized spacial score (nSPS) is 14.8. The molecule has 158 valence electrons. The van der Waals surface area contributed by atoms with Crippen LogP contribution >= 0.6 is 0 Å². The maximum absolute atomic E-state index is 12.7. The molecule has 8 nitrogen and oxygen atoms in total. The van der Waals surface area contributed by atoms with E-state index in [0.29, 0.717) is 37.3 Å². The Labute approximate surface area is 171 Å². The highest BCUT2D eigenvalue weighted by molar-refractivity contribution is 7.86. The molecule has 0 atom stereocenters. The van der Waals surface area contributed by atoms with Crippen molar-refractivity contribution in [2.45, 2.75) is 26.4 Å². The molecule has 1 fully saturated rings. The summed E-state index contributed by atoms with van der Waals surface area (Å²) in [5, 5.41) is 0. The first-order valence-electron chi connectivity index (χ1n) is 9.15. The van der Waals surface area contributed by atoms with Gasteiger partial charge < -0.3 is 14.5 Å². The van der Waals surface area contributed by atoms with Gasteiger partial charge in [-0.25, -0.2) is 4.79 Å². The van der Waals surface area contributed by atoms with Crippen LogP contribution in [0.2, 0.25) is 0 Å². The van der Waals surface area contributed by atoms with Gasteiger partial charge in [0.1, 0.15) is 12.2 Å². The SMILES string of the molecule is CC(C)(C)OC(=O)N1CCN(C(=O)c2ccc(C#CCOS(C)(=O)=O)cc2)CC1. The molecular weight excluding hydrogens is 396 g/mol. The van der Waals surface area contributed by atoms with Crippen molar-refractivity contribution in [2.75, 3.05) is 39.0 Å². The van der Waals surface area contributed by atoms with Crippen molar-refractivity contribution >= 4 is 22.1 Å². The number of piperazine rings is 1. The lowest BCUT2D eigenvalue weighted by Gasteiger charge is -2.35. The monoisotopic (exact) mass is 422 g/mol. The largest absolute Gasteiger partial charge is 0.444 e. The molecule has 0 aromatic heterocycles. The standard InChI is InChI=1S/C20H26N2O6S/c1-20(2,3)28-19(24)22-13-11-21(12-14-22)18(23)17-9-7-16(8-10-17)6-5-15-27-29(4,25)26/h7-10H,11-15H2,1-4H3. The zero-order chi connectivity index (χ0) is 21.7. The predicted molar refractivity (Wildman–Crippen MR) is 108 cm³/mol. The minimum Gasteiger partial charge on any atom is -0.444 e. The number of carbonyl (C=O) groups excluding carboxylic acids is 2. The average Bonchev–Trinajstić information content (AvgIpc) is 2.63. The highest BCUT2D eigenvalue weighted by Gasteiger charge is 2.28. The first kappa shape index (κ1) is 22.7. The van der Waals surface area contributed by atoms with Crippen molar-refractivity contribution in [3.63, 3.8) is 0 Å². The van der Waals surface area contributed by atoms with Crippen LogP contribution in [0.15, 0.2) is 24.3 Å². The molecule has 29 heavy (non-hydrogen) atoms. The molecule has 1 aromatic rings. The van der Waals surface area contributed by atoms with E-state index in [0.717, 1.165) is 6.26 Å². The summed E-state index contributed by atoms with van der Waals surface area (Å²) in [6.45, 7) is 6.94. The van der Waals surface area contributed by atoms with E-state index in [4.69, 9.17) is 4.74 Å². The van der Waals surface area contributed by atoms with Crippen molar-refractivity contribution in [2.24, 2.45) is 0 Å². The van der Waals surface area contributed by atoms with Crippen molar-refractivity contribution in [1.82, 2.24) is 9.80 Å². The van der Waals surface area contributed by atoms with Gasteiger partial charge in [0, 0.05) is 37.3 Å². The molecule has 2 amide bonds. The van der Waals surface area contributed by atoms with E-state index < -0.39 is 15.7 Å². The van der Waals surface area contributed by atoms with Crippen molar-refractivity contribution in [3.05, 3.63) is 35.4 Å². The minimum absolute atomic E-state index is 0.117. The molecule has 1 heterocycles. The quantitative estimate of drug-likeness (QED) is 0.544. The molecular formula is C20H26N2O6S. The van der Waals surface area contributed by atoms with Crippen LogP contribution in [0, 0.1) is 11.8 Å². The number of amides is 2. The number of benzene rings is 1. The van der Waals surface area contributed by atoms with E-state index in [-0.39, 0.29) is 18.6 Å². The smallest absolute Gasteiger partial charge is 0.410 e. The third kappa shape index (κ3) is 7.75. The maximum Gasteiger partial charge on any atom is 0.410 e. The molecule has 0 aliphatic carbocycles. The van der Waals surface area contributed by atoms with E-state index in [1.54, 1.807) is 34.1 Å². The lowest BCUT2D eigenvalue weighted by atomic mass is 10.1. The number of ether oxygens (including phenoxy) is 1. The number of rotatable bonds is 3. The lowest BCUT2D eigenvalue weighted by Crippen LogP contribution is -2.51. The van der Waals surface area contributed by atoms with Gasteiger partial charge in [0.15, 0.2) is 0 Å². The summed E-state index contributed by atoms with van der Waals surface area (Å²) >= 11 is 0. The van der Waals surface area contributed by atoms with Gasteiger partial charge in [-0.15, -0.1) is 0 Å². The van der Waals surface area contributed by atoms with Crippen LogP contribution < -0.4 is 0 Å². The van der Waals surface area contributed by atoms with Crippen molar-refractivity contribution in [1.29, 1.82) is 0 Å². The Morgan fingerprint density at radius 1 is 1.03 bits per heavy atom. The summed E-state index contributed by atoms with van der Waals surface area (Å²) in [7, 11) is -3.51. The van der Waals surface area contributed by atoms with E-state index >= 15 is 0 Å². The topological polar surface area (TPSA) is 93.2 Å². The maximum atomic E-state index is 12.7. The Balaban J connectivity index is 1.88. The Kier molecular flexibility index (Phi) is 7.27. The van der Waals surface area contributed by atoms with Gasteiger partial charge in [-0.2, -0.15) is 8.42 Å². The van der Waals surface area contributed by atoms with E-state index in [1.807, 2.05) is 20.8 Å². The second-order valence-electron chi connectivity index (χ2n) is 7.61. The third-order valence-corrected chi connectivity index (χ3v) is 4.47. The Morgan fingerprint density at radius 3 is 2.10 bits per heavy atom. The first-order chi connectivity index (χ1) is 13.4. The van der Waals surface area contributed by atoms with Gasteiger partial charge in [0.05, 0.1) is 6.26 Å². The zero-order valence-corrected chi connectivity index (χ0v) is 17.9. The molecule has 9 heteroatoms. The van der Waals surface area contributed by atoms with E-state index in [9.17, 15) is 18.0 Å². The van der Waals surface area contributed by atoms with Crippen LogP contribution in [-0.4, -0.2) is 74.9 Å². The number of hydrogen-bond donors (Lipinski definition) is 0. The summed E-state index contributed by atoms with van der Waals surface area (Å²) < 4.78 is 31.6. The van der Waals surface area contributed by atoms with Crippen LogP contribution in [0.3, 0.4) is 0 Å². The van der Waals surface area contributed by atoms with E-state index in [1.165, 1.54) is 0 Å². The molecule has 2 rings (SSSR count). The van der Waals surface area contributed by atoms with Gasteiger partial charge in [-0.3, -0.25) is 8.98 Å². The molecule has 0 spiro atoms. The second kappa shape index (κ2) is 9.29. The molecule has 1 saturated heterocycles. The van der Waals surface area contributed by atoms with Crippen molar-refractivity contribution in [3.8, 4) is 11.8 Å². The summed E-state index contributed by atoms with van der Waals surface area (Å²) in [5.74, 6) is 5.27.